The highest BCUT2D eigenvalue weighted by molar-refractivity contribution is 5.99. The summed E-state index contributed by atoms with van der Waals surface area (Å²) in [5.74, 6) is 0.163. The van der Waals surface area contributed by atoms with E-state index in [1.165, 1.54) is 11.3 Å². The lowest BCUT2D eigenvalue weighted by molar-refractivity contribution is -0.118. The van der Waals surface area contributed by atoms with Crippen LogP contribution in [0.25, 0.3) is 0 Å². The van der Waals surface area contributed by atoms with Gasteiger partial charge in [0.1, 0.15) is 5.75 Å². The third kappa shape index (κ3) is 3.54. The van der Waals surface area contributed by atoms with Gasteiger partial charge in [-0.1, -0.05) is 30.3 Å². The molecule has 7 heteroatoms. The van der Waals surface area contributed by atoms with Crippen molar-refractivity contribution in [1.29, 1.82) is 0 Å². The first-order valence-electron chi connectivity index (χ1n) is 10.1. The first kappa shape index (κ1) is 18.4. The van der Waals surface area contributed by atoms with Gasteiger partial charge in [-0.2, -0.15) is 5.10 Å². The predicted molar refractivity (Wildman–Crippen MR) is 111 cm³/mol. The number of rotatable bonds is 4. The molecular weight excluding hydrogens is 380 g/mol. The maximum atomic E-state index is 12.9. The number of fused-ring (bicyclic) bond motifs is 2. The van der Waals surface area contributed by atoms with Crippen LogP contribution in [0.1, 0.15) is 46.1 Å². The van der Waals surface area contributed by atoms with Crippen LogP contribution in [0, 0.1) is 0 Å². The predicted octanol–water partition coefficient (Wildman–Crippen LogP) is 3.07. The van der Waals surface area contributed by atoms with Gasteiger partial charge < -0.3 is 15.4 Å². The van der Waals surface area contributed by atoms with Crippen molar-refractivity contribution in [2.24, 2.45) is 0 Å². The van der Waals surface area contributed by atoms with Gasteiger partial charge in [0.2, 0.25) is 0 Å². The molecule has 0 spiro atoms. The SMILES string of the molecule is O=C1COc2cc(C(=O)NC3CCCc4c3cnn4Cc3ccccc3)ccc2N1. The van der Waals surface area contributed by atoms with Crippen LogP contribution in [0.5, 0.6) is 5.75 Å². The molecule has 0 saturated carbocycles. The van der Waals surface area contributed by atoms with Gasteiger partial charge in [-0.25, -0.2) is 0 Å². The van der Waals surface area contributed by atoms with Gasteiger partial charge in [-0.3, -0.25) is 14.3 Å². The Balaban J connectivity index is 1.33. The Kier molecular flexibility index (Phi) is 4.71. The molecule has 2 amide bonds. The number of aromatic nitrogens is 2. The molecule has 1 aliphatic carbocycles. The molecule has 2 N–H and O–H groups in total. The van der Waals surface area contributed by atoms with E-state index in [0.717, 1.165) is 31.4 Å². The monoisotopic (exact) mass is 402 g/mol. The van der Waals surface area contributed by atoms with Crippen molar-refractivity contribution < 1.29 is 14.3 Å². The minimum atomic E-state index is -0.193. The van der Waals surface area contributed by atoms with Crippen LogP contribution in [0.3, 0.4) is 0 Å². The number of ether oxygens (including phenoxy) is 1. The molecule has 7 nitrogen and oxygen atoms in total. The van der Waals surface area contributed by atoms with Crippen LogP contribution in [0.4, 0.5) is 5.69 Å². The smallest absolute Gasteiger partial charge is 0.262 e. The molecule has 152 valence electrons. The van der Waals surface area contributed by atoms with E-state index in [2.05, 4.69) is 27.9 Å². The van der Waals surface area contributed by atoms with E-state index in [1.54, 1.807) is 18.2 Å². The molecule has 0 saturated heterocycles. The van der Waals surface area contributed by atoms with Gasteiger partial charge in [-0.15, -0.1) is 0 Å². The van der Waals surface area contributed by atoms with Crippen LogP contribution >= 0.6 is 0 Å². The van der Waals surface area contributed by atoms with E-state index < -0.39 is 0 Å². The number of nitrogens with one attached hydrogen (secondary N) is 2. The number of anilines is 1. The molecule has 3 aromatic rings. The lowest BCUT2D eigenvalue weighted by atomic mass is 9.92. The molecule has 2 aromatic carbocycles. The summed E-state index contributed by atoms with van der Waals surface area (Å²) in [6, 6.07) is 15.3. The van der Waals surface area contributed by atoms with Crippen LogP contribution in [-0.4, -0.2) is 28.2 Å². The topological polar surface area (TPSA) is 85.2 Å². The largest absolute Gasteiger partial charge is 0.482 e. The summed E-state index contributed by atoms with van der Waals surface area (Å²) in [6.45, 7) is 0.690. The molecular formula is C23H22N4O3. The average Bonchev–Trinajstić information content (AvgIpc) is 3.18. The molecule has 1 aliphatic heterocycles. The number of hydrogen-bond acceptors (Lipinski definition) is 4. The molecule has 0 bridgehead atoms. The zero-order chi connectivity index (χ0) is 20.5. The molecule has 0 radical (unpaired) electrons. The summed E-state index contributed by atoms with van der Waals surface area (Å²) in [6.07, 6.45) is 4.72. The Morgan fingerprint density at radius 1 is 1.23 bits per heavy atom. The van der Waals surface area contributed by atoms with Gasteiger partial charge in [0, 0.05) is 16.8 Å². The zero-order valence-corrected chi connectivity index (χ0v) is 16.4. The third-order valence-electron chi connectivity index (χ3n) is 5.62. The second-order valence-electron chi connectivity index (χ2n) is 7.66. The number of benzene rings is 2. The molecule has 2 heterocycles. The maximum absolute atomic E-state index is 12.9. The van der Waals surface area contributed by atoms with Crippen molar-refractivity contribution in [3.05, 3.63) is 77.1 Å². The fourth-order valence-corrected chi connectivity index (χ4v) is 4.12. The summed E-state index contributed by atoms with van der Waals surface area (Å²) in [5, 5.41) is 10.5. The Morgan fingerprint density at radius 2 is 2.10 bits per heavy atom. The summed E-state index contributed by atoms with van der Waals surface area (Å²) in [7, 11) is 0. The number of carbonyl (C=O) groups is 2. The van der Waals surface area contributed by atoms with Gasteiger partial charge in [0.05, 0.1) is 24.5 Å². The van der Waals surface area contributed by atoms with E-state index in [1.807, 2.05) is 29.1 Å². The summed E-state index contributed by atoms with van der Waals surface area (Å²) in [4.78, 5) is 24.3. The molecule has 0 fully saturated rings. The zero-order valence-electron chi connectivity index (χ0n) is 16.4. The standard InChI is InChI=1S/C23H22N4O3/c28-22-14-30-21-11-16(9-10-19(21)25-22)23(29)26-18-7-4-8-20-17(18)12-24-27(20)13-15-5-2-1-3-6-15/h1-3,5-6,9-12,18H,4,7-8,13-14H2,(H,25,28)(H,26,29). The summed E-state index contributed by atoms with van der Waals surface area (Å²) in [5.41, 5.74) is 4.58. The average molecular weight is 402 g/mol. The van der Waals surface area contributed by atoms with Crippen molar-refractivity contribution in [2.45, 2.75) is 31.8 Å². The molecule has 1 unspecified atom stereocenters. The molecule has 2 aliphatic rings. The molecule has 1 aromatic heterocycles. The van der Waals surface area contributed by atoms with Gasteiger partial charge in [0.25, 0.3) is 11.8 Å². The molecule has 30 heavy (non-hydrogen) atoms. The fraction of sp³-hybridized carbons (Fsp3) is 0.261. The van der Waals surface area contributed by atoms with Crippen LogP contribution in [-0.2, 0) is 17.8 Å². The highest BCUT2D eigenvalue weighted by Gasteiger charge is 2.26. The van der Waals surface area contributed by atoms with Crippen molar-refractivity contribution in [3.63, 3.8) is 0 Å². The second kappa shape index (κ2) is 7.67. The van der Waals surface area contributed by atoms with Crippen LogP contribution < -0.4 is 15.4 Å². The van der Waals surface area contributed by atoms with Crippen molar-refractivity contribution in [2.75, 3.05) is 11.9 Å². The van der Waals surface area contributed by atoms with Crippen molar-refractivity contribution in [3.8, 4) is 5.75 Å². The lowest BCUT2D eigenvalue weighted by Gasteiger charge is -2.25. The summed E-state index contributed by atoms with van der Waals surface area (Å²) < 4.78 is 7.47. The van der Waals surface area contributed by atoms with E-state index >= 15 is 0 Å². The molecule has 1 atom stereocenters. The van der Waals surface area contributed by atoms with Gasteiger partial charge >= 0.3 is 0 Å². The van der Waals surface area contributed by atoms with E-state index in [-0.39, 0.29) is 24.5 Å². The van der Waals surface area contributed by atoms with Crippen LogP contribution in [0.15, 0.2) is 54.7 Å². The lowest BCUT2D eigenvalue weighted by Crippen LogP contribution is -2.31. The molecule has 5 rings (SSSR count). The highest BCUT2D eigenvalue weighted by atomic mass is 16.5. The maximum Gasteiger partial charge on any atom is 0.262 e. The number of amides is 2. The minimum Gasteiger partial charge on any atom is -0.482 e. The van der Waals surface area contributed by atoms with Gasteiger partial charge in [-0.05, 0) is 43.0 Å². The Hall–Kier alpha value is -3.61. The Labute approximate surface area is 174 Å². The van der Waals surface area contributed by atoms with E-state index in [9.17, 15) is 9.59 Å². The number of hydrogen-bond donors (Lipinski definition) is 2. The highest BCUT2D eigenvalue weighted by Crippen LogP contribution is 2.32. The first-order chi connectivity index (χ1) is 14.7. The summed E-state index contributed by atoms with van der Waals surface area (Å²) >= 11 is 0. The second-order valence-corrected chi connectivity index (χ2v) is 7.66. The van der Waals surface area contributed by atoms with Crippen LogP contribution in [0.2, 0.25) is 0 Å². The first-order valence-corrected chi connectivity index (χ1v) is 10.1. The normalized spacial score (nSPS) is 17.3. The Morgan fingerprint density at radius 3 is 2.97 bits per heavy atom. The number of carbonyl (C=O) groups excluding carboxylic acids is 2. The minimum absolute atomic E-state index is 0.0370. The Bertz CT molecular complexity index is 1110. The van der Waals surface area contributed by atoms with Crippen molar-refractivity contribution in [1.82, 2.24) is 15.1 Å². The number of nitrogens with zero attached hydrogens (tertiary/aromatic N) is 2. The van der Waals surface area contributed by atoms with E-state index in [4.69, 9.17) is 4.74 Å². The fourth-order valence-electron chi connectivity index (χ4n) is 4.12. The van der Waals surface area contributed by atoms with E-state index in [0.29, 0.717) is 17.0 Å². The quantitative estimate of drug-likeness (QED) is 0.702. The van der Waals surface area contributed by atoms with Crippen molar-refractivity contribution >= 4 is 17.5 Å². The van der Waals surface area contributed by atoms with Gasteiger partial charge in [0.15, 0.2) is 6.61 Å². The third-order valence-corrected chi connectivity index (χ3v) is 5.62.